The third-order valence-electron chi connectivity index (χ3n) is 2.71. The van der Waals surface area contributed by atoms with Gasteiger partial charge in [0.2, 0.25) is 5.91 Å². The van der Waals surface area contributed by atoms with E-state index in [1.165, 1.54) is 0 Å². The van der Waals surface area contributed by atoms with Gasteiger partial charge < -0.3 is 15.0 Å². The molecule has 0 bridgehead atoms. The number of hydrogen-bond donors (Lipinski definition) is 3. The number of benzene rings is 1. The van der Waals surface area contributed by atoms with Crippen LogP contribution in [0.5, 0.6) is 5.75 Å². The van der Waals surface area contributed by atoms with Gasteiger partial charge in [-0.3, -0.25) is 14.6 Å². The van der Waals surface area contributed by atoms with Gasteiger partial charge in [0.25, 0.3) is 5.56 Å². The Morgan fingerprint density at radius 2 is 1.95 bits per heavy atom. The summed E-state index contributed by atoms with van der Waals surface area (Å²) in [5, 5.41) is 2.40. The molecule has 7 heteroatoms. The Bertz CT molecular complexity index is 731. The van der Waals surface area contributed by atoms with Crippen molar-refractivity contribution in [3.8, 4) is 5.75 Å². The lowest BCUT2D eigenvalue weighted by atomic mass is 10.2. The monoisotopic (exact) mass is 289 g/mol. The van der Waals surface area contributed by atoms with Crippen molar-refractivity contribution >= 4 is 11.6 Å². The number of anilines is 1. The van der Waals surface area contributed by atoms with Crippen LogP contribution in [0.3, 0.4) is 0 Å². The number of amides is 1. The van der Waals surface area contributed by atoms with E-state index in [1.807, 2.05) is 36.2 Å². The number of aromatic nitrogens is 2. The van der Waals surface area contributed by atoms with E-state index >= 15 is 0 Å². The lowest BCUT2D eigenvalue weighted by Crippen LogP contribution is -2.27. The van der Waals surface area contributed by atoms with Gasteiger partial charge in [0.1, 0.15) is 11.4 Å². The number of aryl methyl sites for hydroxylation is 1. The number of ether oxygens (including phenoxy) is 1. The van der Waals surface area contributed by atoms with E-state index in [1.54, 1.807) is 0 Å². The molecule has 7 nitrogen and oxygen atoms in total. The second kappa shape index (κ2) is 6.56. The molecule has 0 saturated heterocycles. The highest BCUT2D eigenvalue weighted by atomic mass is 16.5. The molecule has 3 N–H and O–H groups in total. The Morgan fingerprint density at radius 1 is 1.24 bits per heavy atom. The molecule has 0 aliphatic carbocycles. The van der Waals surface area contributed by atoms with E-state index in [-0.39, 0.29) is 24.6 Å². The first kappa shape index (κ1) is 14.6. The molecule has 21 heavy (non-hydrogen) atoms. The molecule has 0 fully saturated rings. The molecular weight excluding hydrogens is 274 g/mol. The maximum absolute atomic E-state index is 11.7. The van der Waals surface area contributed by atoms with Crippen LogP contribution < -0.4 is 21.3 Å². The van der Waals surface area contributed by atoms with Crippen LogP contribution >= 0.6 is 0 Å². The first-order valence-corrected chi connectivity index (χ1v) is 6.36. The summed E-state index contributed by atoms with van der Waals surface area (Å²) in [7, 11) is 0. The Kier molecular flexibility index (Phi) is 4.55. The summed E-state index contributed by atoms with van der Waals surface area (Å²) < 4.78 is 5.41. The Labute approximate surface area is 120 Å². The highest BCUT2D eigenvalue weighted by molar-refractivity contribution is 5.90. The lowest BCUT2D eigenvalue weighted by molar-refractivity contribution is -0.116. The Morgan fingerprint density at radius 3 is 2.62 bits per heavy atom. The molecule has 0 aliphatic rings. The summed E-state index contributed by atoms with van der Waals surface area (Å²) in [5.41, 5.74) is -0.153. The number of H-pyrrole nitrogens is 2. The van der Waals surface area contributed by atoms with Crippen molar-refractivity contribution in [1.82, 2.24) is 9.97 Å². The number of carbonyl (C=O) groups excluding carboxylic acids is 1. The second-order valence-corrected chi connectivity index (χ2v) is 4.45. The molecule has 1 amide bonds. The molecular formula is C14H15N3O4. The van der Waals surface area contributed by atoms with Crippen molar-refractivity contribution in [2.75, 3.05) is 11.9 Å². The van der Waals surface area contributed by atoms with Crippen molar-refractivity contribution < 1.29 is 9.53 Å². The minimum Gasteiger partial charge on any atom is -0.493 e. The third kappa shape index (κ3) is 4.34. The number of hydrogen-bond acceptors (Lipinski definition) is 4. The predicted octanol–water partition coefficient (Wildman–Crippen LogP) is 0.779. The SMILES string of the molecule is Cc1ccc(OCCC(=O)Nc2c[nH]c(=O)[nH]c2=O)cc1. The van der Waals surface area contributed by atoms with Crippen LogP contribution in [-0.2, 0) is 4.79 Å². The highest BCUT2D eigenvalue weighted by Crippen LogP contribution is 2.11. The summed E-state index contributed by atoms with van der Waals surface area (Å²) in [6.45, 7) is 2.16. The average Bonchev–Trinajstić information content (AvgIpc) is 2.44. The van der Waals surface area contributed by atoms with E-state index in [4.69, 9.17) is 4.74 Å². The molecule has 0 unspecified atom stereocenters. The summed E-state index contributed by atoms with van der Waals surface area (Å²) in [4.78, 5) is 38.2. The van der Waals surface area contributed by atoms with E-state index in [9.17, 15) is 14.4 Å². The smallest absolute Gasteiger partial charge is 0.325 e. The molecule has 0 spiro atoms. The van der Waals surface area contributed by atoms with Gasteiger partial charge in [-0.05, 0) is 19.1 Å². The molecule has 2 rings (SSSR count). The van der Waals surface area contributed by atoms with Crippen molar-refractivity contribution in [2.45, 2.75) is 13.3 Å². The fourth-order valence-corrected chi connectivity index (χ4v) is 1.61. The highest BCUT2D eigenvalue weighted by Gasteiger charge is 2.06. The number of carbonyl (C=O) groups is 1. The van der Waals surface area contributed by atoms with Crippen LogP contribution in [0.2, 0.25) is 0 Å². The van der Waals surface area contributed by atoms with Crippen LogP contribution in [0.25, 0.3) is 0 Å². The maximum atomic E-state index is 11.7. The normalized spacial score (nSPS) is 10.1. The van der Waals surface area contributed by atoms with Crippen molar-refractivity contribution in [3.63, 3.8) is 0 Å². The van der Waals surface area contributed by atoms with Gasteiger partial charge in [0, 0.05) is 6.20 Å². The first-order chi connectivity index (χ1) is 10.0. The van der Waals surface area contributed by atoms with Crippen LogP contribution in [0.1, 0.15) is 12.0 Å². The number of rotatable bonds is 5. The van der Waals surface area contributed by atoms with Crippen molar-refractivity contribution in [2.24, 2.45) is 0 Å². The molecule has 0 atom stereocenters. The fraction of sp³-hybridized carbons (Fsp3) is 0.214. The molecule has 0 saturated carbocycles. The summed E-state index contributed by atoms with van der Waals surface area (Å²) in [6.07, 6.45) is 1.24. The zero-order valence-corrected chi connectivity index (χ0v) is 11.4. The Balaban J connectivity index is 1.83. The second-order valence-electron chi connectivity index (χ2n) is 4.45. The molecule has 110 valence electrons. The summed E-state index contributed by atoms with van der Waals surface area (Å²) in [5.74, 6) is 0.301. The average molecular weight is 289 g/mol. The molecule has 2 aromatic rings. The summed E-state index contributed by atoms with van der Waals surface area (Å²) >= 11 is 0. The van der Waals surface area contributed by atoms with Gasteiger partial charge in [-0.25, -0.2) is 4.79 Å². The topological polar surface area (TPSA) is 104 Å². The van der Waals surface area contributed by atoms with Gasteiger partial charge in [0.05, 0.1) is 13.0 Å². The minimum atomic E-state index is -0.647. The molecule has 0 radical (unpaired) electrons. The first-order valence-electron chi connectivity index (χ1n) is 6.36. The Hall–Kier alpha value is -2.83. The zero-order valence-electron chi connectivity index (χ0n) is 11.4. The van der Waals surface area contributed by atoms with Crippen molar-refractivity contribution in [3.05, 3.63) is 56.9 Å². The van der Waals surface area contributed by atoms with Crippen LogP contribution in [0.4, 0.5) is 5.69 Å². The number of aromatic amines is 2. The van der Waals surface area contributed by atoms with Crippen molar-refractivity contribution in [1.29, 1.82) is 0 Å². The lowest BCUT2D eigenvalue weighted by Gasteiger charge is -2.07. The molecule has 0 aliphatic heterocycles. The van der Waals surface area contributed by atoms with Gasteiger partial charge in [-0.1, -0.05) is 17.7 Å². The minimum absolute atomic E-state index is 0.00469. The van der Waals surface area contributed by atoms with Crippen LogP contribution in [-0.4, -0.2) is 22.5 Å². The van der Waals surface area contributed by atoms with Crippen LogP contribution in [0, 0.1) is 6.92 Å². The van der Waals surface area contributed by atoms with E-state index in [0.717, 1.165) is 11.8 Å². The molecule has 1 aromatic carbocycles. The van der Waals surface area contributed by atoms with E-state index in [0.29, 0.717) is 5.75 Å². The quantitative estimate of drug-likeness (QED) is 0.756. The van der Waals surface area contributed by atoms with Gasteiger partial charge >= 0.3 is 5.69 Å². The van der Waals surface area contributed by atoms with Gasteiger partial charge in [-0.2, -0.15) is 0 Å². The fourth-order valence-electron chi connectivity index (χ4n) is 1.61. The molecule has 1 heterocycles. The van der Waals surface area contributed by atoms with Gasteiger partial charge in [-0.15, -0.1) is 0 Å². The van der Waals surface area contributed by atoms with E-state index in [2.05, 4.69) is 10.3 Å². The number of nitrogens with one attached hydrogen (secondary N) is 3. The van der Waals surface area contributed by atoms with E-state index < -0.39 is 11.2 Å². The third-order valence-corrected chi connectivity index (χ3v) is 2.71. The molecule has 1 aromatic heterocycles. The largest absolute Gasteiger partial charge is 0.493 e. The maximum Gasteiger partial charge on any atom is 0.325 e. The van der Waals surface area contributed by atoms with Crippen LogP contribution in [0.15, 0.2) is 40.1 Å². The standard InChI is InChI=1S/C14H15N3O4/c1-9-2-4-10(5-3-9)21-7-6-12(18)16-11-8-15-14(20)17-13(11)19/h2-5,8H,6-7H2,1H3,(H,16,18)(H2,15,17,19,20). The zero-order chi connectivity index (χ0) is 15.2. The van der Waals surface area contributed by atoms with Gasteiger partial charge in [0.15, 0.2) is 0 Å². The summed E-state index contributed by atoms with van der Waals surface area (Å²) in [6, 6.07) is 7.46. The predicted molar refractivity (Wildman–Crippen MR) is 77.6 cm³/mol.